The number of carbonyl (C=O) groups is 1. The summed E-state index contributed by atoms with van der Waals surface area (Å²) in [4.78, 5) is 14.9. The molecular formula is C31H43NO7. The number of piperidine rings is 1. The maximum absolute atomic E-state index is 12.9. The summed E-state index contributed by atoms with van der Waals surface area (Å²) in [6.07, 6.45) is 1.40. The average molecular weight is 542 g/mol. The molecule has 1 aromatic carbocycles. The monoisotopic (exact) mass is 541 g/mol. The number of benzene rings is 1. The lowest BCUT2D eigenvalue weighted by Crippen LogP contribution is -2.76. The number of ether oxygens (including phenoxy) is 4. The van der Waals surface area contributed by atoms with E-state index in [4.69, 9.17) is 18.9 Å². The Kier molecular flexibility index (Phi) is 5.98. The quantitative estimate of drug-likeness (QED) is 0.509. The Bertz CT molecular complexity index is 1120. The lowest BCUT2D eigenvalue weighted by Gasteiger charge is -2.68. The minimum atomic E-state index is -1.13. The van der Waals surface area contributed by atoms with Crippen LogP contribution in [0.5, 0.6) is 5.75 Å². The summed E-state index contributed by atoms with van der Waals surface area (Å²) in [5, 5.41) is 25.1. The van der Waals surface area contributed by atoms with Crippen LogP contribution in [-0.2, 0) is 19.0 Å². The van der Waals surface area contributed by atoms with E-state index in [0.29, 0.717) is 19.4 Å². The van der Waals surface area contributed by atoms with Crippen LogP contribution in [0.3, 0.4) is 0 Å². The summed E-state index contributed by atoms with van der Waals surface area (Å²) in [6.45, 7) is 5.86. The van der Waals surface area contributed by atoms with Gasteiger partial charge in [-0.1, -0.05) is 25.1 Å². The lowest BCUT2D eigenvalue weighted by atomic mass is 9.43. The number of para-hydroxylation sites is 1. The van der Waals surface area contributed by atoms with Gasteiger partial charge < -0.3 is 29.2 Å². The normalized spacial score (nSPS) is 51.0. The van der Waals surface area contributed by atoms with Crippen LogP contribution in [0.4, 0.5) is 0 Å². The molecular weight excluding hydrogens is 498 g/mol. The zero-order valence-electron chi connectivity index (χ0n) is 23.5. The minimum absolute atomic E-state index is 0.00351. The number of fused-ring (bicyclic) bond motifs is 2. The van der Waals surface area contributed by atoms with Crippen molar-refractivity contribution in [2.45, 2.75) is 75.6 Å². The molecule has 13 atom stereocenters. The second-order valence-electron chi connectivity index (χ2n) is 13.3. The molecule has 214 valence electrons. The second kappa shape index (κ2) is 8.89. The maximum atomic E-state index is 12.9. The molecule has 13 unspecified atom stereocenters. The summed E-state index contributed by atoms with van der Waals surface area (Å²) >= 11 is 0. The molecule has 5 saturated carbocycles. The zero-order valence-corrected chi connectivity index (χ0v) is 23.5. The van der Waals surface area contributed by atoms with Gasteiger partial charge in [-0.2, -0.15) is 0 Å². The molecule has 1 aromatic rings. The maximum Gasteiger partial charge on any atom is 0.302 e. The van der Waals surface area contributed by atoms with Crippen molar-refractivity contribution in [3.63, 3.8) is 0 Å². The largest absolute Gasteiger partial charge is 0.493 e. The fourth-order valence-electron chi connectivity index (χ4n) is 11.5. The SMILES string of the molecule is CCN1CC2(COc3ccccc3)CCC(O)C34C5CC6C(OC)CC(O)(C5C6OC(C)=O)C(C(OC)C23)C14. The number of nitrogens with zero attached hydrogens (tertiary/aromatic N) is 1. The van der Waals surface area contributed by atoms with E-state index >= 15 is 0 Å². The number of aliphatic hydroxyl groups is 2. The van der Waals surface area contributed by atoms with Gasteiger partial charge in [0.05, 0.1) is 30.5 Å². The van der Waals surface area contributed by atoms with Crippen LogP contribution in [0, 0.1) is 40.4 Å². The topological polar surface area (TPSA) is 97.7 Å². The molecule has 1 saturated heterocycles. The number of methoxy groups -OCH3 is 2. The molecule has 39 heavy (non-hydrogen) atoms. The number of likely N-dealkylation sites (tertiary alicyclic amines) is 1. The highest BCUT2D eigenvalue weighted by Gasteiger charge is 2.86. The Morgan fingerprint density at radius 1 is 1.13 bits per heavy atom. The molecule has 8 heteroatoms. The Hall–Kier alpha value is -1.71. The van der Waals surface area contributed by atoms with Crippen molar-refractivity contribution in [2.24, 2.45) is 40.4 Å². The van der Waals surface area contributed by atoms with Crippen LogP contribution < -0.4 is 4.74 Å². The Balaban J connectivity index is 1.41. The number of hydrogen-bond donors (Lipinski definition) is 2. The van der Waals surface area contributed by atoms with E-state index in [9.17, 15) is 15.0 Å². The van der Waals surface area contributed by atoms with Gasteiger partial charge in [0.2, 0.25) is 0 Å². The zero-order chi connectivity index (χ0) is 27.3. The Morgan fingerprint density at radius 3 is 2.56 bits per heavy atom. The third kappa shape index (κ3) is 3.16. The fraction of sp³-hybridized carbons (Fsp3) is 0.774. The molecule has 2 N–H and O–H groups in total. The van der Waals surface area contributed by atoms with E-state index in [2.05, 4.69) is 11.8 Å². The summed E-state index contributed by atoms with van der Waals surface area (Å²) in [5.41, 5.74) is -1.85. The number of carbonyl (C=O) groups excluding carboxylic acids is 1. The first-order chi connectivity index (χ1) is 18.8. The van der Waals surface area contributed by atoms with Crippen molar-refractivity contribution in [3.8, 4) is 5.75 Å². The average Bonchev–Trinajstić information content (AvgIpc) is 3.36. The summed E-state index contributed by atoms with van der Waals surface area (Å²) in [7, 11) is 3.47. The van der Waals surface area contributed by atoms with Gasteiger partial charge in [0, 0.05) is 74.7 Å². The van der Waals surface area contributed by atoms with Crippen molar-refractivity contribution >= 4 is 5.97 Å². The highest BCUT2D eigenvalue weighted by Crippen LogP contribution is 2.79. The number of aliphatic hydroxyl groups excluding tert-OH is 1. The number of esters is 1. The van der Waals surface area contributed by atoms with E-state index < -0.39 is 23.2 Å². The third-order valence-corrected chi connectivity index (χ3v) is 12.2. The van der Waals surface area contributed by atoms with Gasteiger partial charge in [-0.15, -0.1) is 0 Å². The molecule has 1 spiro atoms. The van der Waals surface area contributed by atoms with Gasteiger partial charge in [0.25, 0.3) is 0 Å². The van der Waals surface area contributed by atoms with E-state index in [1.54, 1.807) is 14.2 Å². The van der Waals surface area contributed by atoms with Crippen molar-refractivity contribution in [1.82, 2.24) is 4.90 Å². The van der Waals surface area contributed by atoms with Crippen LogP contribution in [0.1, 0.15) is 39.5 Å². The first-order valence-electron chi connectivity index (χ1n) is 14.8. The predicted octanol–water partition coefficient (Wildman–Crippen LogP) is 2.51. The van der Waals surface area contributed by atoms with Crippen molar-refractivity contribution in [2.75, 3.05) is 33.9 Å². The smallest absolute Gasteiger partial charge is 0.302 e. The molecule has 8 nitrogen and oxygen atoms in total. The second-order valence-corrected chi connectivity index (χ2v) is 13.3. The summed E-state index contributed by atoms with van der Waals surface area (Å²) < 4.78 is 25.0. The van der Waals surface area contributed by atoms with E-state index in [1.807, 2.05) is 30.3 Å². The van der Waals surface area contributed by atoms with Crippen LogP contribution in [0.2, 0.25) is 0 Å². The van der Waals surface area contributed by atoms with Crippen LogP contribution in [0.25, 0.3) is 0 Å². The van der Waals surface area contributed by atoms with Gasteiger partial charge in [0.1, 0.15) is 11.9 Å². The fourth-order valence-corrected chi connectivity index (χ4v) is 11.5. The first-order valence-corrected chi connectivity index (χ1v) is 14.8. The first kappa shape index (κ1) is 26.2. The van der Waals surface area contributed by atoms with Gasteiger partial charge in [0.15, 0.2) is 0 Å². The van der Waals surface area contributed by atoms with Crippen molar-refractivity contribution < 1.29 is 34.0 Å². The molecule has 0 radical (unpaired) electrons. The molecule has 7 rings (SSSR count). The molecule has 7 bridgehead atoms. The van der Waals surface area contributed by atoms with E-state index in [1.165, 1.54) is 6.92 Å². The van der Waals surface area contributed by atoms with Gasteiger partial charge in [-0.3, -0.25) is 9.69 Å². The molecule has 1 aliphatic heterocycles. The molecule has 6 aliphatic rings. The van der Waals surface area contributed by atoms with Gasteiger partial charge in [-0.05, 0) is 43.9 Å². The lowest BCUT2D eigenvalue weighted by molar-refractivity contribution is -0.272. The van der Waals surface area contributed by atoms with Crippen LogP contribution in [0.15, 0.2) is 30.3 Å². The molecule has 0 aromatic heterocycles. The Labute approximate surface area is 230 Å². The molecule has 6 fully saturated rings. The summed E-state index contributed by atoms with van der Waals surface area (Å²) in [5.74, 6) is 0.0643. The highest BCUT2D eigenvalue weighted by atomic mass is 16.5. The van der Waals surface area contributed by atoms with Crippen LogP contribution in [-0.4, -0.2) is 91.1 Å². The molecule has 1 heterocycles. The predicted molar refractivity (Wildman–Crippen MR) is 142 cm³/mol. The Morgan fingerprint density at radius 2 is 1.90 bits per heavy atom. The van der Waals surface area contributed by atoms with Crippen molar-refractivity contribution in [3.05, 3.63) is 30.3 Å². The standard InChI is InChI=1S/C31H43NO7/c1-5-32-15-29(16-38-18-9-7-6-8-10-18)12-11-22(34)31-20-13-19-21(36-3)14-30(35,23(20)25(19)39-17(2)33)24(28(31)32)26(37-4)27(29)31/h6-10,19-28,34-35H,5,11-16H2,1-4H3. The number of rotatable bonds is 7. The third-order valence-electron chi connectivity index (χ3n) is 12.2. The number of hydrogen-bond acceptors (Lipinski definition) is 8. The molecule has 5 aliphatic carbocycles. The van der Waals surface area contributed by atoms with E-state index in [-0.39, 0.29) is 59.2 Å². The van der Waals surface area contributed by atoms with Crippen molar-refractivity contribution in [1.29, 1.82) is 0 Å². The van der Waals surface area contributed by atoms with Gasteiger partial charge >= 0.3 is 5.97 Å². The summed E-state index contributed by atoms with van der Waals surface area (Å²) in [6, 6.07) is 9.95. The minimum Gasteiger partial charge on any atom is -0.493 e. The highest BCUT2D eigenvalue weighted by molar-refractivity contribution is 5.66. The van der Waals surface area contributed by atoms with E-state index in [0.717, 1.165) is 31.7 Å². The van der Waals surface area contributed by atoms with Gasteiger partial charge in [-0.25, -0.2) is 0 Å². The molecule has 0 amide bonds. The van der Waals surface area contributed by atoms with Crippen LogP contribution >= 0.6 is 0 Å².